The molecule has 0 aliphatic heterocycles. The lowest BCUT2D eigenvalue weighted by Gasteiger charge is -2.15. The zero-order chi connectivity index (χ0) is 11.3. The molecule has 0 aliphatic carbocycles. The van der Waals surface area contributed by atoms with Crippen LogP contribution in [-0.4, -0.2) is 18.1 Å². The van der Waals surface area contributed by atoms with Crippen molar-refractivity contribution in [3.63, 3.8) is 0 Å². The molecule has 0 unspecified atom stereocenters. The highest BCUT2D eigenvalue weighted by atomic mass is 32.1. The van der Waals surface area contributed by atoms with Gasteiger partial charge in [-0.2, -0.15) is 0 Å². The Labute approximate surface area is 97.1 Å². The highest BCUT2D eigenvalue weighted by Crippen LogP contribution is 2.22. The monoisotopic (exact) mass is 226 g/mol. The Kier molecular flexibility index (Phi) is 4.74. The first-order valence-electron chi connectivity index (χ1n) is 5.65. The van der Waals surface area contributed by atoms with Crippen LogP contribution in [0.1, 0.15) is 38.4 Å². The maximum atomic E-state index is 4.65. The first-order chi connectivity index (χ1) is 7.01. The molecule has 0 spiro atoms. The number of nitrogens with one attached hydrogen (secondary N) is 1. The fraction of sp³-hybridized carbons (Fsp3) is 0.750. The third-order valence-corrected chi connectivity index (χ3v) is 2.99. The molecule has 15 heavy (non-hydrogen) atoms. The predicted molar refractivity (Wildman–Crippen MR) is 67.5 cm³/mol. The predicted octanol–water partition coefficient (Wildman–Crippen LogP) is 2.88. The van der Waals surface area contributed by atoms with Crippen LogP contribution in [0.15, 0.2) is 5.38 Å². The second-order valence-electron chi connectivity index (χ2n) is 5.07. The molecule has 1 rings (SSSR count). The van der Waals surface area contributed by atoms with E-state index in [0.29, 0.717) is 5.41 Å². The number of nitrogens with zero attached hydrogens (tertiary/aromatic N) is 1. The summed E-state index contributed by atoms with van der Waals surface area (Å²) in [6, 6.07) is 0. The van der Waals surface area contributed by atoms with E-state index in [2.05, 4.69) is 43.4 Å². The number of aromatic nitrogens is 1. The molecule has 0 fully saturated rings. The standard InChI is InChI=1S/C12H22N2S/c1-5-13-7-6-10-9-15-11(14-10)8-12(2,3)4/h9,13H,5-8H2,1-4H3. The second-order valence-corrected chi connectivity index (χ2v) is 6.02. The molecule has 0 bridgehead atoms. The van der Waals surface area contributed by atoms with E-state index in [1.807, 2.05) is 0 Å². The topological polar surface area (TPSA) is 24.9 Å². The van der Waals surface area contributed by atoms with Gasteiger partial charge in [0.25, 0.3) is 0 Å². The van der Waals surface area contributed by atoms with Gasteiger partial charge in [0.2, 0.25) is 0 Å². The summed E-state index contributed by atoms with van der Waals surface area (Å²) in [5.41, 5.74) is 1.58. The van der Waals surface area contributed by atoms with Crippen LogP contribution in [0.3, 0.4) is 0 Å². The minimum Gasteiger partial charge on any atom is -0.317 e. The van der Waals surface area contributed by atoms with E-state index in [1.54, 1.807) is 11.3 Å². The Bertz CT molecular complexity index is 286. The van der Waals surface area contributed by atoms with E-state index in [4.69, 9.17) is 0 Å². The highest BCUT2D eigenvalue weighted by Gasteiger charge is 2.13. The summed E-state index contributed by atoms with van der Waals surface area (Å²) < 4.78 is 0. The molecule has 3 heteroatoms. The molecule has 86 valence electrons. The summed E-state index contributed by atoms with van der Waals surface area (Å²) in [5.74, 6) is 0. The Morgan fingerprint density at radius 1 is 1.40 bits per heavy atom. The smallest absolute Gasteiger partial charge is 0.0933 e. The average Bonchev–Trinajstić information content (AvgIpc) is 2.50. The van der Waals surface area contributed by atoms with Crippen molar-refractivity contribution < 1.29 is 0 Å². The summed E-state index contributed by atoms with van der Waals surface area (Å²) in [5, 5.41) is 6.78. The Morgan fingerprint density at radius 3 is 2.73 bits per heavy atom. The van der Waals surface area contributed by atoms with Gasteiger partial charge in [0, 0.05) is 24.8 Å². The van der Waals surface area contributed by atoms with Crippen LogP contribution in [0, 0.1) is 5.41 Å². The van der Waals surface area contributed by atoms with E-state index < -0.39 is 0 Å². The van der Waals surface area contributed by atoms with Crippen molar-refractivity contribution in [2.45, 2.75) is 40.5 Å². The zero-order valence-corrected chi connectivity index (χ0v) is 11.1. The van der Waals surface area contributed by atoms with Crippen LogP contribution in [0.4, 0.5) is 0 Å². The van der Waals surface area contributed by atoms with E-state index in [0.717, 1.165) is 25.9 Å². The zero-order valence-electron chi connectivity index (χ0n) is 10.3. The summed E-state index contributed by atoms with van der Waals surface area (Å²) in [6.45, 7) is 11.0. The lowest BCUT2D eigenvalue weighted by atomic mass is 9.93. The molecule has 1 aromatic rings. The lowest BCUT2D eigenvalue weighted by Crippen LogP contribution is -2.16. The van der Waals surface area contributed by atoms with Crippen molar-refractivity contribution in [1.29, 1.82) is 0 Å². The number of hydrogen-bond acceptors (Lipinski definition) is 3. The third-order valence-electron chi connectivity index (χ3n) is 2.09. The fourth-order valence-electron chi connectivity index (χ4n) is 1.39. The average molecular weight is 226 g/mol. The van der Waals surface area contributed by atoms with Crippen LogP contribution in [0.5, 0.6) is 0 Å². The Morgan fingerprint density at radius 2 is 2.13 bits per heavy atom. The summed E-state index contributed by atoms with van der Waals surface area (Å²) in [6.07, 6.45) is 2.13. The van der Waals surface area contributed by atoms with Crippen molar-refractivity contribution in [3.05, 3.63) is 16.1 Å². The van der Waals surface area contributed by atoms with Gasteiger partial charge in [0.1, 0.15) is 0 Å². The minimum absolute atomic E-state index is 0.344. The van der Waals surface area contributed by atoms with Gasteiger partial charge < -0.3 is 5.32 Å². The van der Waals surface area contributed by atoms with Crippen LogP contribution in [-0.2, 0) is 12.8 Å². The van der Waals surface area contributed by atoms with Gasteiger partial charge in [0.05, 0.1) is 10.7 Å². The van der Waals surface area contributed by atoms with Gasteiger partial charge in [-0.15, -0.1) is 11.3 Å². The van der Waals surface area contributed by atoms with E-state index in [1.165, 1.54) is 10.7 Å². The van der Waals surface area contributed by atoms with Crippen molar-refractivity contribution in [2.75, 3.05) is 13.1 Å². The molecule has 0 radical (unpaired) electrons. The van der Waals surface area contributed by atoms with Gasteiger partial charge in [0.15, 0.2) is 0 Å². The maximum Gasteiger partial charge on any atom is 0.0933 e. The van der Waals surface area contributed by atoms with Gasteiger partial charge in [-0.25, -0.2) is 4.98 Å². The highest BCUT2D eigenvalue weighted by molar-refractivity contribution is 7.09. The lowest BCUT2D eigenvalue weighted by molar-refractivity contribution is 0.410. The molecule has 0 atom stereocenters. The molecule has 2 nitrogen and oxygen atoms in total. The van der Waals surface area contributed by atoms with Crippen LogP contribution in [0.2, 0.25) is 0 Å². The molecule has 0 amide bonds. The van der Waals surface area contributed by atoms with Gasteiger partial charge in [-0.05, 0) is 12.0 Å². The quantitative estimate of drug-likeness (QED) is 0.781. The minimum atomic E-state index is 0.344. The molecular formula is C12H22N2S. The summed E-state index contributed by atoms with van der Waals surface area (Å²) in [4.78, 5) is 4.65. The van der Waals surface area contributed by atoms with Crippen molar-refractivity contribution >= 4 is 11.3 Å². The molecule has 1 heterocycles. The Balaban J connectivity index is 2.42. The van der Waals surface area contributed by atoms with E-state index in [-0.39, 0.29) is 0 Å². The summed E-state index contributed by atoms with van der Waals surface area (Å²) in [7, 11) is 0. The van der Waals surface area contributed by atoms with Crippen LogP contribution in [0.25, 0.3) is 0 Å². The number of rotatable bonds is 5. The van der Waals surface area contributed by atoms with E-state index >= 15 is 0 Å². The normalized spacial score (nSPS) is 12.0. The van der Waals surface area contributed by atoms with Gasteiger partial charge in [-0.3, -0.25) is 0 Å². The first kappa shape index (κ1) is 12.7. The van der Waals surface area contributed by atoms with Crippen molar-refractivity contribution in [3.8, 4) is 0 Å². The second kappa shape index (κ2) is 5.61. The van der Waals surface area contributed by atoms with E-state index in [9.17, 15) is 0 Å². The molecule has 0 aliphatic rings. The van der Waals surface area contributed by atoms with Crippen LogP contribution >= 0.6 is 11.3 Å². The number of thiazole rings is 1. The molecule has 0 aromatic carbocycles. The maximum absolute atomic E-state index is 4.65. The first-order valence-corrected chi connectivity index (χ1v) is 6.53. The SMILES string of the molecule is CCNCCc1csc(CC(C)(C)C)n1. The Hall–Kier alpha value is -0.410. The van der Waals surface area contributed by atoms with Gasteiger partial charge in [-0.1, -0.05) is 27.7 Å². The number of likely N-dealkylation sites (N-methyl/N-ethyl adjacent to an activating group) is 1. The van der Waals surface area contributed by atoms with Crippen molar-refractivity contribution in [2.24, 2.45) is 5.41 Å². The fourth-order valence-corrected chi connectivity index (χ4v) is 2.52. The molecular weight excluding hydrogens is 204 g/mol. The molecule has 0 saturated heterocycles. The molecule has 0 saturated carbocycles. The molecule has 1 aromatic heterocycles. The summed E-state index contributed by atoms with van der Waals surface area (Å²) >= 11 is 1.80. The van der Waals surface area contributed by atoms with Gasteiger partial charge >= 0.3 is 0 Å². The molecule has 1 N–H and O–H groups in total. The van der Waals surface area contributed by atoms with Crippen LogP contribution < -0.4 is 5.32 Å². The van der Waals surface area contributed by atoms with Crippen molar-refractivity contribution in [1.82, 2.24) is 10.3 Å². The number of hydrogen-bond donors (Lipinski definition) is 1. The largest absolute Gasteiger partial charge is 0.317 e. The third kappa shape index (κ3) is 5.28.